The van der Waals surface area contributed by atoms with Gasteiger partial charge in [-0.25, -0.2) is 14.4 Å². The molecule has 1 aromatic heterocycles. The van der Waals surface area contributed by atoms with Crippen molar-refractivity contribution in [1.82, 2.24) is 15.3 Å². The van der Waals surface area contributed by atoms with Crippen LogP contribution in [0, 0.1) is 12.7 Å². The number of fused-ring (bicyclic) bond motifs is 1. The van der Waals surface area contributed by atoms with Gasteiger partial charge in [0.2, 0.25) is 0 Å². The fourth-order valence-corrected chi connectivity index (χ4v) is 3.49. The van der Waals surface area contributed by atoms with Gasteiger partial charge in [-0.2, -0.15) is 0 Å². The van der Waals surface area contributed by atoms with E-state index >= 15 is 0 Å². The van der Waals surface area contributed by atoms with Gasteiger partial charge >= 0.3 is 0 Å². The zero-order chi connectivity index (χ0) is 19.5. The lowest BCUT2D eigenvalue weighted by Gasteiger charge is -2.19. The van der Waals surface area contributed by atoms with E-state index in [0.717, 1.165) is 24.5 Å². The van der Waals surface area contributed by atoms with Crippen LogP contribution in [0.25, 0.3) is 0 Å². The molecule has 5 nitrogen and oxygen atoms in total. The molecule has 1 aliphatic heterocycles. The van der Waals surface area contributed by atoms with Crippen LogP contribution in [0.5, 0.6) is 0 Å². The number of carbonyl (C=O) groups excluding carboxylic acids is 1. The van der Waals surface area contributed by atoms with E-state index in [4.69, 9.17) is 0 Å². The number of amides is 1. The second kappa shape index (κ2) is 7.76. The molecule has 1 aliphatic rings. The molecule has 6 heteroatoms. The van der Waals surface area contributed by atoms with Crippen LogP contribution in [0.1, 0.15) is 27.4 Å². The first kappa shape index (κ1) is 18.1. The number of anilines is 2. The number of nitrogens with one attached hydrogen (secondary N) is 1. The van der Waals surface area contributed by atoms with E-state index in [0.29, 0.717) is 30.0 Å². The van der Waals surface area contributed by atoms with Crippen LogP contribution >= 0.6 is 0 Å². The van der Waals surface area contributed by atoms with Crippen molar-refractivity contribution in [1.29, 1.82) is 0 Å². The maximum absolute atomic E-state index is 13.7. The average molecular weight is 376 g/mol. The van der Waals surface area contributed by atoms with E-state index in [-0.39, 0.29) is 11.7 Å². The number of benzene rings is 2. The Morgan fingerprint density at radius 2 is 1.93 bits per heavy atom. The predicted octanol–water partition coefficient (Wildman–Crippen LogP) is 3.59. The number of aromatic nitrogens is 2. The van der Waals surface area contributed by atoms with Crippen molar-refractivity contribution in [3.05, 3.63) is 83.1 Å². The Kier molecular flexibility index (Phi) is 5.02. The van der Waals surface area contributed by atoms with E-state index < -0.39 is 0 Å². The van der Waals surface area contributed by atoms with Gasteiger partial charge in [-0.3, -0.25) is 4.79 Å². The highest BCUT2D eigenvalue weighted by Crippen LogP contribution is 2.33. The van der Waals surface area contributed by atoms with Gasteiger partial charge in [-0.15, -0.1) is 0 Å². The summed E-state index contributed by atoms with van der Waals surface area (Å²) in [6.07, 6.45) is 1.37. The molecule has 0 bridgehead atoms. The molecule has 28 heavy (non-hydrogen) atoms. The van der Waals surface area contributed by atoms with Gasteiger partial charge in [0.15, 0.2) is 0 Å². The Labute approximate surface area is 163 Å². The van der Waals surface area contributed by atoms with Crippen molar-refractivity contribution >= 4 is 17.4 Å². The Hall–Kier alpha value is -3.28. The Bertz CT molecular complexity index is 1020. The topological polar surface area (TPSA) is 58.1 Å². The highest BCUT2D eigenvalue weighted by molar-refractivity contribution is 5.93. The minimum atomic E-state index is -0.282. The molecule has 0 unspecified atom stereocenters. The summed E-state index contributed by atoms with van der Waals surface area (Å²) in [7, 11) is 0. The quantitative estimate of drug-likeness (QED) is 0.739. The minimum Gasteiger partial charge on any atom is -0.350 e. The Morgan fingerprint density at radius 1 is 1.14 bits per heavy atom. The first-order valence-electron chi connectivity index (χ1n) is 9.34. The van der Waals surface area contributed by atoms with Crippen LogP contribution in [0.2, 0.25) is 0 Å². The molecule has 0 fully saturated rings. The largest absolute Gasteiger partial charge is 0.350 e. The number of aryl methyl sites for hydroxylation is 1. The van der Waals surface area contributed by atoms with E-state index in [1.807, 2.05) is 12.1 Å². The molecule has 3 aromatic rings. The van der Waals surface area contributed by atoms with E-state index in [2.05, 4.69) is 32.3 Å². The van der Waals surface area contributed by atoms with Gasteiger partial charge in [-0.05, 0) is 43.0 Å². The predicted molar refractivity (Wildman–Crippen MR) is 106 cm³/mol. The maximum Gasteiger partial charge on any atom is 0.270 e. The Balaban J connectivity index is 1.48. The number of rotatable bonds is 5. The van der Waals surface area contributed by atoms with Crippen LogP contribution in [-0.2, 0) is 12.8 Å². The average Bonchev–Trinajstić information content (AvgIpc) is 3.13. The third kappa shape index (κ3) is 3.71. The second-order valence-corrected chi connectivity index (χ2v) is 6.79. The zero-order valence-electron chi connectivity index (χ0n) is 15.7. The maximum atomic E-state index is 13.7. The summed E-state index contributed by atoms with van der Waals surface area (Å²) in [6, 6.07) is 16.5. The van der Waals surface area contributed by atoms with Crippen molar-refractivity contribution in [2.45, 2.75) is 19.8 Å². The lowest BCUT2D eigenvalue weighted by Crippen LogP contribution is -2.27. The second-order valence-electron chi connectivity index (χ2n) is 6.79. The first-order chi connectivity index (χ1) is 13.6. The van der Waals surface area contributed by atoms with Crippen LogP contribution < -0.4 is 10.2 Å². The van der Waals surface area contributed by atoms with E-state index in [1.165, 1.54) is 11.6 Å². The van der Waals surface area contributed by atoms with Crippen molar-refractivity contribution in [2.24, 2.45) is 0 Å². The highest BCUT2D eigenvalue weighted by atomic mass is 19.1. The fraction of sp³-hybridized carbons (Fsp3) is 0.227. The van der Waals surface area contributed by atoms with Gasteiger partial charge < -0.3 is 10.2 Å². The van der Waals surface area contributed by atoms with E-state index in [9.17, 15) is 9.18 Å². The summed E-state index contributed by atoms with van der Waals surface area (Å²) in [4.78, 5) is 23.5. The third-order valence-corrected chi connectivity index (χ3v) is 4.86. The summed E-state index contributed by atoms with van der Waals surface area (Å²) in [5, 5.41) is 2.82. The molecular formula is C22H21FN4O. The van der Waals surface area contributed by atoms with E-state index in [1.54, 1.807) is 31.2 Å². The van der Waals surface area contributed by atoms with Gasteiger partial charge in [-0.1, -0.05) is 36.4 Å². The lowest BCUT2D eigenvalue weighted by molar-refractivity contribution is 0.0948. The van der Waals surface area contributed by atoms with Crippen LogP contribution in [-0.4, -0.2) is 29.0 Å². The molecule has 0 radical (unpaired) electrons. The van der Waals surface area contributed by atoms with Gasteiger partial charge in [0.05, 0.1) is 0 Å². The molecule has 0 spiro atoms. The summed E-state index contributed by atoms with van der Waals surface area (Å²) in [5.41, 5.74) is 3.29. The van der Waals surface area contributed by atoms with Gasteiger partial charge in [0, 0.05) is 24.8 Å². The molecule has 1 amide bonds. The smallest absolute Gasteiger partial charge is 0.270 e. The fourth-order valence-electron chi connectivity index (χ4n) is 3.49. The third-order valence-electron chi connectivity index (χ3n) is 4.86. The monoisotopic (exact) mass is 376 g/mol. The molecule has 1 N–H and O–H groups in total. The number of halogens is 1. The zero-order valence-corrected chi connectivity index (χ0v) is 15.7. The highest BCUT2D eigenvalue weighted by Gasteiger charge is 2.22. The lowest BCUT2D eigenvalue weighted by atomic mass is 10.1. The van der Waals surface area contributed by atoms with Gasteiger partial charge in [0.25, 0.3) is 5.91 Å². The summed E-state index contributed by atoms with van der Waals surface area (Å²) in [5.74, 6) is 0.720. The SMILES string of the molecule is Cc1nc(C(=O)NCCc2ccccc2F)cc(N2CCc3ccccc32)n1. The molecule has 0 saturated carbocycles. The normalized spacial score (nSPS) is 12.7. The molecule has 0 aliphatic carbocycles. The number of hydrogen-bond donors (Lipinski definition) is 1. The van der Waals surface area contributed by atoms with Crippen LogP contribution in [0.15, 0.2) is 54.6 Å². The summed E-state index contributed by atoms with van der Waals surface area (Å²) in [6.45, 7) is 2.94. The first-order valence-corrected chi connectivity index (χ1v) is 9.34. The van der Waals surface area contributed by atoms with Crippen molar-refractivity contribution in [2.75, 3.05) is 18.0 Å². The number of nitrogens with zero attached hydrogens (tertiary/aromatic N) is 3. The molecule has 2 heterocycles. The van der Waals surface area contributed by atoms with Crippen molar-refractivity contribution < 1.29 is 9.18 Å². The molecule has 0 saturated heterocycles. The summed E-state index contributed by atoms with van der Waals surface area (Å²) < 4.78 is 13.7. The van der Waals surface area contributed by atoms with Crippen LogP contribution in [0.4, 0.5) is 15.9 Å². The molecule has 2 aromatic carbocycles. The van der Waals surface area contributed by atoms with Crippen molar-refractivity contribution in [3.8, 4) is 0 Å². The number of carbonyl (C=O) groups is 1. The standard InChI is InChI=1S/C22H21FN4O/c1-15-25-19(22(28)24-12-10-16-6-2-4-8-18(16)23)14-21(26-15)27-13-11-17-7-3-5-9-20(17)27/h2-9,14H,10-13H2,1H3,(H,24,28). The van der Waals surface area contributed by atoms with Crippen LogP contribution in [0.3, 0.4) is 0 Å². The number of para-hydroxylation sites is 1. The number of hydrogen-bond acceptors (Lipinski definition) is 4. The molecular weight excluding hydrogens is 355 g/mol. The molecule has 142 valence electrons. The van der Waals surface area contributed by atoms with Crippen molar-refractivity contribution in [3.63, 3.8) is 0 Å². The molecule has 0 atom stereocenters. The Morgan fingerprint density at radius 3 is 2.79 bits per heavy atom. The minimum absolute atomic E-state index is 0.260. The van der Waals surface area contributed by atoms with Gasteiger partial charge in [0.1, 0.15) is 23.2 Å². The summed E-state index contributed by atoms with van der Waals surface area (Å²) >= 11 is 0. The molecule has 4 rings (SSSR count).